The highest BCUT2D eigenvalue weighted by Crippen LogP contribution is 2.30. The first-order valence-corrected chi connectivity index (χ1v) is 8.04. The Morgan fingerprint density at radius 2 is 2.04 bits per heavy atom. The number of rotatable bonds is 4. The first-order chi connectivity index (χ1) is 11.0. The van der Waals surface area contributed by atoms with Crippen LogP contribution in [0.4, 0.5) is 5.82 Å². The van der Waals surface area contributed by atoms with E-state index in [1.54, 1.807) is 7.11 Å². The molecule has 0 saturated carbocycles. The fraction of sp³-hybridized carbons (Fsp3) is 0.625. The van der Waals surface area contributed by atoms with Gasteiger partial charge in [0.25, 0.3) is 0 Å². The van der Waals surface area contributed by atoms with Gasteiger partial charge in [-0.15, -0.1) is 10.2 Å². The SMILES string of the molecule is COCc1nc(C)cc(N2CCn3c(C(C)C)nnc3C2C)n1. The van der Waals surface area contributed by atoms with Crippen LogP contribution in [0.1, 0.15) is 55.9 Å². The summed E-state index contributed by atoms with van der Waals surface area (Å²) < 4.78 is 7.41. The second kappa shape index (κ2) is 6.23. The lowest BCUT2D eigenvalue weighted by molar-refractivity contribution is 0.177. The van der Waals surface area contributed by atoms with Crippen molar-refractivity contribution in [2.45, 2.75) is 52.8 Å². The molecule has 1 aliphatic rings. The van der Waals surface area contributed by atoms with Crippen molar-refractivity contribution in [1.29, 1.82) is 0 Å². The third-order valence-corrected chi connectivity index (χ3v) is 4.18. The van der Waals surface area contributed by atoms with Crippen LogP contribution in [-0.2, 0) is 17.9 Å². The smallest absolute Gasteiger partial charge is 0.156 e. The summed E-state index contributed by atoms with van der Waals surface area (Å²) in [5.41, 5.74) is 0.948. The summed E-state index contributed by atoms with van der Waals surface area (Å²) in [7, 11) is 1.66. The fourth-order valence-electron chi connectivity index (χ4n) is 3.10. The van der Waals surface area contributed by atoms with Gasteiger partial charge < -0.3 is 14.2 Å². The van der Waals surface area contributed by atoms with Gasteiger partial charge in [-0.3, -0.25) is 0 Å². The number of aryl methyl sites for hydroxylation is 1. The summed E-state index contributed by atoms with van der Waals surface area (Å²) in [6.07, 6.45) is 0. The average molecular weight is 316 g/mol. The first-order valence-electron chi connectivity index (χ1n) is 8.04. The monoisotopic (exact) mass is 316 g/mol. The van der Waals surface area contributed by atoms with Crippen molar-refractivity contribution in [3.63, 3.8) is 0 Å². The molecule has 23 heavy (non-hydrogen) atoms. The van der Waals surface area contributed by atoms with Crippen LogP contribution in [0.25, 0.3) is 0 Å². The topological polar surface area (TPSA) is 69.0 Å². The molecule has 2 aromatic heterocycles. The van der Waals surface area contributed by atoms with Crippen molar-refractivity contribution >= 4 is 5.82 Å². The Morgan fingerprint density at radius 3 is 2.74 bits per heavy atom. The standard InChI is InChI=1S/C16H24N6O/c1-10(2)15-19-20-16-12(4)21(6-7-22(15)16)14-8-11(3)17-13(18-14)9-23-5/h8,10,12H,6-7,9H2,1-5H3. The second-order valence-electron chi connectivity index (χ2n) is 6.31. The molecule has 0 saturated heterocycles. The number of nitrogens with zero attached hydrogens (tertiary/aromatic N) is 6. The lowest BCUT2D eigenvalue weighted by atomic mass is 10.1. The highest BCUT2D eigenvalue weighted by atomic mass is 16.5. The summed E-state index contributed by atoms with van der Waals surface area (Å²) in [5, 5.41) is 8.79. The van der Waals surface area contributed by atoms with Crippen LogP contribution in [0.5, 0.6) is 0 Å². The fourth-order valence-corrected chi connectivity index (χ4v) is 3.10. The molecule has 0 bridgehead atoms. The number of methoxy groups -OCH3 is 1. The summed E-state index contributed by atoms with van der Waals surface area (Å²) in [6.45, 7) is 10.6. The predicted molar refractivity (Wildman–Crippen MR) is 87.4 cm³/mol. The zero-order valence-electron chi connectivity index (χ0n) is 14.4. The van der Waals surface area contributed by atoms with Crippen LogP contribution in [0.3, 0.4) is 0 Å². The Morgan fingerprint density at radius 1 is 1.26 bits per heavy atom. The normalized spacial score (nSPS) is 17.7. The second-order valence-corrected chi connectivity index (χ2v) is 6.31. The molecule has 0 amide bonds. The van der Waals surface area contributed by atoms with Gasteiger partial charge in [0.15, 0.2) is 11.6 Å². The molecule has 3 rings (SSSR count). The number of hydrogen-bond acceptors (Lipinski definition) is 6. The minimum atomic E-state index is 0.133. The summed E-state index contributed by atoms with van der Waals surface area (Å²) >= 11 is 0. The maximum atomic E-state index is 5.17. The molecular formula is C16H24N6O. The van der Waals surface area contributed by atoms with Crippen molar-refractivity contribution in [3.8, 4) is 0 Å². The number of hydrogen-bond donors (Lipinski definition) is 0. The molecule has 124 valence electrons. The lowest BCUT2D eigenvalue weighted by Gasteiger charge is -2.35. The largest absolute Gasteiger partial charge is 0.377 e. The first kappa shape index (κ1) is 15.9. The van der Waals surface area contributed by atoms with E-state index in [4.69, 9.17) is 4.74 Å². The maximum Gasteiger partial charge on any atom is 0.156 e. The van der Waals surface area contributed by atoms with Gasteiger partial charge in [0.2, 0.25) is 0 Å². The molecule has 7 nitrogen and oxygen atoms in total. The summed E-state index contributed by atoms with van der Waals surface area (Å²) in [6, 6.07) is 2.15. The van der Waals surface area contributed by atoms with Crippen molar-refractivity contribution in [2.75, 3.05) is 18.6 Å². The van der Waals surface area contributed by atoms with Gasteiger partial charge in [0.1, 0.15) is 18.2 Å². The molecule has 0 N–H and O–H groups in total. The van der Waals surface area contributed by atoms with Crippen LogP contribution in [0.2, 0.25) is 0 Å². The Balaban J connectivity index is 1.93. The van der Waals surface area contributed by atoms with E-state index in [0.717, 1.165) is 36.3 Å². The van der Waals surface area contributed by atoms with Gasteiger partial charge >= 0.3 is 0 Å². The van der Waals surface area contributed by atoms with Crippen molar-refractivity contribution in [2.24, 2.45) is 0 Å². The summed E-state index contributed by atoms with van der Waals surface area (Å²) in [5.74, 6) is 4.08. The van der Waals surface area contributed by atoms with Crippen molar-refractivity contribution < 1.29 is 4.74 Å². The van der Waals surface area contributed by atoms with E-state index in [-0.39, 0.29) is 6.04 Å². The van der Waals surface area contributed by atoms with E-state index in [1.165, 1.54) is 0 Å². The zero-order valence-corrected chi connectivity index (χ0v) is 14.4. The molecule has 1 unspecified atom stereocenters. The lowest BCUT2D eigenvalue weighted by Crippen LogP contribution is -2.38. The molecule has 0 radical (unpaired) electrons. The Kier molecular flexibility index (Phi) is 4.30. The summed E-state index contributed by atoms with van der Waals surface area (Å²) in [4.78, 5) is 11.3. The van der Waals surface area contributed by atoms with Crippen LogP contribution >= 0.6 is 0 Å². The number of fused-ring (bicyclic) bond motifs is 1. The average Bonchev–Trinajstić information content (AvgIpc) is 2.92. The van der Waals surface area contributed by atoms with Gasteiger partial charge in [-0.2, -0.15) is 0 Å². The van der Waals surface area contributed by atoms with Gasteiger partial charge in [-0.05, 0) is 13.8 Å². The molecule has 2 aromatic rings. The molecule has 7 heteroatoms. The maximum absolute atomic E-state index is 5.17. The number of anilines is 1. The highest BCUT2D eigenvalue weighted by molar-refractivity contribution is 5.42. The van der Waals surface area contributed by atoms with Gasteiger partial charge in [0.05, 0.1) is 6.04 Å². The van der Waals surface area contributed by atoms with Crippen LogP contribution in [0, 0.1) is 6.92 Å². The van der Waals surface area contributed by atoms with E-state index >= 15 is 0 Å². The van der Waals surface area contributed by atoms with Crippen molar-refractivity contribution in [3.05, 3.63) is 29.2 Å². The zero-order chi connectivity index (χ0) is 16.6. The van der Waals surface area contributed by atoms with Crippen LogP contribution in [0.15, 0.2) is 6.07 Å². The van der Waals surface area contributed by atoms with E-state index in [2.05, 4.69) is 50.4 Å². The Labute approximate surface area is 136 Å². The Bertz CT molecular complexity index is 696. The third-order valence-electron chi connectivity index (χ3n) is 4.18. The van der Waals surface area contributed by atoms with Gasteiger partial charge in [0, 0.05) is 37.9 Å². The molecule has 0 aromatic carbocycles. The number of ether oxygens (including phenoxy) is 1. The minimum Gasteiger partial charge on any atom is -0.377 e. The van der Waals surface area contributed by atoms with E-state index in [0.29, 0.717) is 18.3 Å². The predicted octanol–water partition coefficient (Wildman–Crippen LogP) is 2.23. The molecular weight excluding hydrogens is 292 g/mol. The molecule has 3 heterocycles. The number of aromatic nitrogens is 5. The molecule has 0 spiro atoms. The molecule has 0 fully saturated rings. The van der Waals surface area contributed by atoms with Gasteiger partial charge in [-0.25, -0.2) is 9.97 Å². The van der Waals surface area contributed by atoms with Crippen LogP contribution < -0.4 is 4.90 Å². The van der Waals surface area contributed by atoms with Crippen molar-refractivity contribution in [1.82, 2.24) is 24.7 Å². The molecule has 1 aliphatic heterocycles. The van der Waals surface area contributed by atoms with E-state index < -0.39 is 0 Å². The molecule has 1 atom stereocenters. The minimum absolute atomic E-state index is 0.133. The van der Waals surface area contributed by atoms with Gasteiger partial charge in [-0.1, -0.05) is 13.8 Å². The Hall–Kier alpha value is -2.02. The van der Waals surface area contributed by atoms with E-state index in [9.17, 15) is 0 Å². The van der Waals surface area contributed by atoms with Crippen LogP contribution in [-0.4, -0.2) is 38.4 Å². The molecule has 0 aliphatic carbocycles. The highest BCUT2D eigenvalue weighted by Gasteiger charge is 2.30. The third kappa shape index (κ3) is 2.93. The quantitative estimate of drug-likeness (QED) is 0.861. The van der Waals surface area contributed by atoms with E-state index in [1.807, 2.05) is 13.0 Å².